The molecule has 3 rings (SSSR count). The second-order valence-corrected chi connectivity index (χ2v) is 5.51. The molecule has 1 aromatic heterocycles. The molecule has 1 saturated heterocycles. The van der Waals surface area contributed by atoms with Gasteiger partial charge < -0.3 is 10.6 Å². The Bertz CT molecular complexity index is 385. The Kier molecular flexibility index (Phi) is 3.46. The van der Waals surface area contributed by atoms with Gasteiger partial charge in [-0.25, -0.2) is 0 Å². The molecule has 4 heteroatoms. The normalized spacial score (nSPS) is 24.3. The van der Waals surface area contributed by atoms with Gasteiger partial charge in [-0.15, -0.1) is 5.10 Å². The van der Waals surface area contributed by atoms with Gasteiger partial charge in [0.2, 0.25) is 0 Å². The van der Waals surface area contributed by atoms with Crippen molar-refractivity contribution in [2.45, 2.75) is 50.5 Å². The second kappa shape index (κ2) is 5.22. The average molecular weight is 246 g/mol. The third-order valence-electron chi connectivity index (χ3n) is 4.37. The summed E-state index contributed by atoms with van der Waals surface area (Å²) in [6, 6.07) is 4.89. The lowest BCUT2D eigenvalue weighted by molar-refractivity contribution is 0.408. The molecular formula is C14H22N4. The van der Waals surface area contributed by atoms with E-state index in [1.54, 1.807) is 0 Å². The molecular weight excluding hydrogens is 224 g/mol. The number of nitrogens with two attached hydrogens (primary N) is 1. The SMILES string of the molecule is NCCC1CCCN1c1ccc(C2CCC2)nn1. The van der Waals surface area contributed by atoms with Crippen molar-refractivity contribution in [1.29, 1.82) is 0 Å². The predicted octanol–water partition coefficient (Wildman–Crippen LogP) is 2.06. The van der Waals surface area contributed by atoms with Crippen molar-refractivity contribution < 1.29 is 0 Å². The van der Waals surface area contributed by atoms with Gasteiger partial charge in [-0.2, -0.15) is 5.10 Å². The summed E-state index contributed by atoms with van der Waals surface area (Å²) >= 11 is 0. The zero-order valence-corrected chi connectivity index (χ0v) is 10.9. The Morgan fingerprint density at radius 1 is 1.17 bits per heavy atom. The highest BCUT2D eigenvalue weighted by atomic mass is 15.3. The molecule has 1 atom stereocenters. The molecule has 1 aliphatic heterocycles. The van der Waals surface area contributed by atoms with Crippen LogP contribution in [0.5, 0.6) is 0 Å². The van der Waals surface area contributed by atoms with E-state index in [0.29, 0.717) is 12.0 Å². The van der Waals surface area contributed by atoms with Crippen LogP contribution < -0.4 is 10.6 Å². The molecule has 1 saturated carbocycles. The molecule has 1 aliphatic carbocycles. The molecule has 0 aromatic carbocycles. The fourth-order valence-electron chi connectivity index (χ4n) is 3.04. The van der Waals surface area contributed by atoms with Crippen molar-refractivity contribution in [3.63, 3.8) is 0 Å². The molecule has 1 aromatic rings. The average Bonchev–Trinajstić information content (AvgIpc) is 2.77. The maximum Gasteiger partial charge on any atom is 0.151 e. The van der Waals surface area contributed by atoms with Crippen molar-refractivity contribution in [2.24, 2.45) is 5.73 Å². The van der Waals surface area contributed by atoms with Crippen LogP contribution in [-0.4, -0.2) is 29.3 Å². The van der Waals surface area contributed by atoms with Crippen molar-refractivity contribution in [3.05, 3.63) is 17.8 Å². The first-order valence-corrected chi connectivity index (χ1v) is 7.19. The first kappa shape index (κ1) is 11.9. The molecule has 18 heavy (non-hydrogen) atoms. The minimum absolute atomic E-state index is 0.568. The molecule has 0 spiro atoms. The lowest BCUT2D eigenvalue weighted by Crippen LogP contribution is -2.32. The minimum atomic E-state index is 0.568. The zero-order chi connectivity index (χ0) is 12.4. The number of hydrogen-bond acceptors (Lipinski definition) is 4. The molecule has 0 radical (unpaired) electrons. The van der Waals surface area contributed by atoms with E-state index in [4.69, 9.17) is 5.73 Å². The van der Waals surface area contributed by atoms with Crippen LogP contribution in [0.4, 0.5) is 5.82 Å². The molecule has 98 valence electrons. The highest BCUT2D eigenvalue weighted by Gasteiger charge is 2.26. The fraction of sp³-hybridized carbons (Fsp3) is 0.714. The standard InChI is InChI=1S/C14H22N4/c15-9-8-12-5-2-10-18(12)14-7-6-13(16-17-14)11-3-1-4-11/h6-7,11-12H,1-5,8-10,15H2. The quantitative estimate of drug-likeness (QED) is 0.883. The van der Waals surface area contributed by atoms with Gasteiger partial charge in [-0.1, -0.05) is 6.42 Å². The van der Waals surface area contributed by atoms with Gasteiger partial charge in [0.15, 0.2) is 5.82 Å². The fourth-order valence-corrected chi connectivity index (χ4v) is 3.04. The van der Waals surface area contributed by atoms with E-state index in [1.165, 1.54) is 37.8 Å². The van der Waals surface area contributed by atoms with E-state index >= 15 is 0 Å². The molecule has 2 N–H and O–H groups in total. The zero-order valence-electron chi connectivity index (χ0n) is 10.9. The van der Waals surface area contributed by atoms with E-state index in [9.17, 15) is 0 Å². The van der Waals surface area contributed by atoms with Crippen LogP contribution in [0.25, 0.3) is 0 Å². The van der Waals surface area contributed by atoms with Crippen LogP contribution in [0.1, 0.15) is 50.1 Å². The Morgan fingerprint density at radius 3 is 2.67 bits per heavy atom. The van der Waals surface area contributed by atoms with Crippen LogP contribution in [0.2, 0.25) is 0 Å². The predicted molar refractivity (Wildman–Crippen MR) is 72.7 cm³/mol. The van der Waals surface area contributed by atoms with Gasteiger partial charge in [0.1, 0.15) is 0 Å². The summed E-state index contributed by atoms with van der Waals surface area (Å²) in [6.07, 6.45) is 7.46. The minimum Gasteiger partial charge on any atom is -0.352 e. The maximum atomic E-state index is 5.68. The Hall–Kier alpha value is -1.16. The summed E-state index contributed by atoms with van der Waals surface area (Å²) in [5.41, 5.74) is 6.86. The number of anilines is 1. The van der Waals surface area contributed by atoms with Crippen LogP contribution in [0, 0.1) is 0 Å². The van der Waals surface area contributed by atoms with Crippen molar-refractivity contribution in [2.75, 3.05) is 18.0 Å². The summed E-state index contributed by atoms with van der Waals surface area (Å²) in [5.74, 6) is 1.71. The van der Waals surface area contributed by atoms with Crippen molar-refractivity contribution >= 4 is 5.82 Å². The van der Waals surface area contributed by atoms with E-state index in [1.807, 2.05) is 0 Å². The third kappa shape index (κ3) is 2.21. The van der Waals surface area contributed by atoms with Crippen LogP contribution >= 0.6 is 0 Å². The van der Waals surface area contributed by atoms with Gasteiger partial charge in [-0.3, -0.25) is 0 Å². The monoisotopic (exact) mass is 246 g/mol. The molecule has 0 amide bonds. The number of hydrogen-bond donors (Lipinski definition) is 1. The smallest absolute Gasteiger partial charge is 0.151 e. The number of rotatable bonds is 4. The van der Waals surface area contributed by atoms with E-state index in [2.05, 4.69) is 27.2 Å². The Labute approximate surface area is 109 Å². The number of aromatic nitrogens is 2. The first-order chi connectivity index (χ1) is 8.88. The largest absolute Gasteiger partial charge is 0.352 e. The maximum absolute atomic E-state index is 5.68. The van der Waals surface area contributed by atoms with Crippen LogP contribution in [-0.2, 0) is 0 Å². The third-order valence-corrected chi connectivity index (χ3v) is 4.37. The lowest BCUT2D eigenvalue weighted by Gasteiger charge is -2.27. The summed E-state index contributed by atoms with van der Waals surface area (Å²) in [7, 11) is 0. The van der Waals surface area contributed by atoms with Gasteiger partial charge >= 0.3 is 0 Å². The van der Waals surface area contributed by atoms with E-state index in [0.717, 1.165) is 25.3 Å². The lowest BCUT2D eigenvalue weighted by atomic mass is 9.83. The molecule has 2 fully saturated rings. The van der Waals surface area contributed by atoms with Gasteiger partial charge in [0.05, 0.1) is 5.69 Å². The number of nitrogens with zero attached hydrogens (tertiary/aromatic N) is 3. The van der Waals surface area contributed by atoms with E-state index < -0.39 is 0 Å². The topological polar surface area (TPSA) is 55.0 Å². The molecule has 4 nitrogen and oxygen atoms in total. The van der Waals surface area contributed by atoms with Crippen LogP contribution in [0.15, 0.2) is 12.1 Å². The first-order valence-electron chi connectivity index (χ1n) is 7.19. The highest BCUT2D eigenvalue weighted by molar-refractivity contribution is 5.40. The molecule has 2 aliphatic rings. The van der Waals surface area contributed by atoms with Crippen LogP contribution in [0.3, 0.4) is 0 Å². The highest BCUT2D eigenvalue weighted by Crippen LogP contribution is 2.35. The van der Waals surface area contributed by atoms with Gasteiger partial charge in [0, 0.05) is 18.5 Å². The van der Waals surface area contributed by atoms with Crippen molar-refractivity contribution in [1.82, 2.24) is 10.2 Å². The summed E-state index contributed by atoms with van der Waals surface area (Å²) in [5, 5.41) is 8.85. The Balaban J connectivity index is 1.71. The molecule has 2 heterocycles. The summed E-state index contributed by atoms with van der Waals surface area (Å²) in [6.45, 7) is 1.86. The van der Waals surface area contributed by atoms with Crippen molar-refractivity contribution in [3.8, 4) is 0 Å². The van der Waals surface area contributed by atoms with Gasteiger partial charge in [-0.05, 0) is 50.8 Å². The molecule has 1 unspecified atom stereocenters. The summed E-state index contributed by atoms with van der Waals surface area (Å²) < 4.78 is 0. The molecule has 0 bridgehead atoms. The second-order valence-electron chi connectivity index (χ2n) is 5.51. The Morgan fingerprint density at radius 2 is 2.06 bits per heavy atom. The van der Waals surface area contributed by atoms with Gasteiger partial charge in [0.25, 0.3) is 0 Å². The summed E-state index contributed by atoms with van der Waals surface area (Å²) in [4.78, 5) is 2.38. The van der Waals surface area contributed by atoms with E-state index in [-0.39, 0.29) is 0 Å².